The number of aromatic nitrogens is 3. The summed E-state index contributed by atoms with van der Waals surface area (Å²) in [6.45, 7) is 5.71. The van der Waals surface area contributed by atoms with E-state index in [-0.39, 0.29) is 5.41 Å². The lowest BCUT2D eigenvalue weighted by Gasteiger charge is -2.47. The highest BCUT2D eigenvalue weighted by molar-refractivity contribution is 5.77. The highest BCUT2D eigenvalue weighted by Crippen LogP contribution is 2.40. The first-order chi connectivity index (χ1) is 13.1. The van der Waals surface area contributed by atoms with Crippen LogP contribution in [0.15, 0.2) is 36.9 Å². The number of hydrogen-bond donors (Lipinski definition) is 0. The van der Waals surface area contributed by atoms with Gasteiger partial charge in [0.05, 0.1) is 0 Å². The normalized spacial score (nSPS) is 19.5. The van der Waals surface area contributed by atoms with Crippen LogP contribution in [0.4, 0.5) is 5.82 Å². The zero-order valence-electron chi connectivity index (χ0n) is 16.0. The third kappa shape index (κ3) is 4.10. The van der Waals surface area contributed by atoms with Crippen LogP contribution in [0.2, 0.25) is 0 Å². The van der Waals surface area contributed by atoms with E-state index >= 15 is 0 Å². The van der Waals surface area contributed by atoms with Gasteiger partial charge in [0.2, 0.25) is 5.91 Å². The number of hydrogen-bond acceptors (Lipinski definition) is 5. The number of amides is 1. The molecule has 2 saturated heterocycles. The van der Waals surface area contributed by atoms with E-state index in [1.165, 1.54) is 5.56 Å². The largest absolute Gasteiger partial charge is 0.356 e. The van der Waals surface area contributed by atoms with Crippen molar-refractivity contribution in [2.75, 3.05) is 31.1 Å². The van der Waals surface area contributed by atoms with E-state index in [0.717, 1.165) is 63.4 Å². The van der Waals surface area contributed by atoms with Crippen LogP contribution in [0.3, 0.4) is 0 Å². The molecule has 2 aliphatic heterocycles. The van der Waals surface area contributed by atoms with E-state index < -0.39 is 0 Å². The molecule has 2 aliphatic rings. The van der Waals surface area contributed by atoms with Crippen molar-refractivity contribution >= 4 is 11.7 Å². The minimum absolute atomic E-state index is 0.269. The molecule has 6 heteroatoms. The maximum atomic E-state index is 12.5. The first-order valence-corrected chi connectivity index (χ1v) is 9.84. The number of piperidine rings is 2. The van der Waals surface area contributed by atoms with Crippen LogP contribution in [-0.4, -0.2) is 51.9 Å². The number of nitrogens with zero attached hydrogens (tertiary/aromatic N) is 5. The molecule has 0 saturated carbocycles. The standard InChI is InChI=1S/C21H27N5O/c1-17-14-19(24-16-23-17)25-12-7-21(8-13-25)6-2-20(27)26(15-21)11-5-18-3-9-22-10-4-18/h3-4,9-10,14,16H,2,5-8,11-13,15H2,1H3. The Bertz CT molecular complexity index is 786. The Morgan fingerprint density at radius 2 is 1.89 bits per heavy atom. The number of pyridine rings is 1. The summed E-state index contributed by atoms with van der Waals surface area (Å²) in [5.41, 5.74) is 2.52. The van der Waals surface area contributed by atoms with Crippen LogP contribution in [-0.2, 0) is 11.2 Å². The van der Waals surface area contributed by atoms with E-state index in [4.69, 9.17) is 0 Å². The van der Waals surface area contributed by atoms with Gasteiger partial charge >= 0.3 is 0 Å². The molecule has 4 rings (SSSR count). The summed E-state index contributed by atoms with van der Waals surface area (Å²) in [6, 6.07) is 6.13. The minimum atomic E-state index is 0.269. The highest BCUT2D eigenvalue weighted by atomic mass is 16.2. The molecule has 0 radical (unpaired) electrons. The zero-order valence-corrected chi connectivity index (χ0v) is 16.0. The summed E-state index contributed by atoms with van der Waals surface area (Å²) in [7, 11) is 0. The van der Waals surface area contributed by atoms with Crippen molar-refractivity contribution in [1.82, 2.24) is 19.9 Å². The van der Waals surface area contributed by atoms with Gasteiger partial charge in [-0.25, -0.2) is 9.97 Å². The molecule has 6 nitrogen and oxygen atoms in total. The third-order valence-corrected chi connectivity index (χ3v) is 6.11. The summed E-state index contributed by atoms with van der Waals surface area (Å²) in [5, 5.41) is 0. The topological polar surface area (TPSA) is 62.2 Å². The Morgan fingerprint density at radius 1 is 1.11 bits per heavy atom. The lowest BCUT2D eigenvalue weighted by Crippen LogP contribution is -2.52. The molecule has 0 unspecified atom stereocenters. The summed E-state index contributed by atoms with van der Waals surface area (Å²) in [6.07, 6.45) is 10.1. The van der Waals surface area contributed by atoms with Gasteiger partial charge in [-0.15, -0.1) is 0 Å². The van der Waals surface area contributed by atoms with Crippen LogP contribution in [0.5, 0.6) is 0 Å². The third-order valence-electron chi connectivity index (χ3n) is 6.11. The molecule has 2 aromatic heterocycles. The second-order valence-electron chi connectivity index (χ2n) is 7.93. The predicted octanol–water partition coefficient (Wildman–Crippen LogP) is 2.63. The molecule has 0 aromatic carbocycles. The molecule has 0 atom stereocenters. The van der Waals surface area contributed by atoms with E-state index in [0.29, 0.717) is 12.3 Å². The zero-order chi connectivity index (χ0) is 18.7. The van der Waals surface area contributed by atoms with Crippen LogP contribution < -0.4 is 4.90 Å². The second kappa shape index (κ2) is 7.62. The van der Waals surface area contributed by atoms with Gasteiger partial charge in [-0.1, -0.05) is 0 Å². The Kier molecular flexibility index (Phi) is 5.05. The van der Waals surface area contributed by atoms with Gasteiger partial charge < -0.3 is 9.80 Å². The first kappa shape index (κ1) is 17.9. The maximum absolute atomic E-state index is 12.5. The Hall–Kier alpha value is -2.50. The molecule has 2 aromatic rings. The minimum Gasteiger partial charge on any atom is -0.356 e. The number of carbonyl (C=O) groups is 1. The molecular weight excluding hydrogens is 338 g/mol. The number of carbonyl (C=O) groups excluding carboxylic acids is 1. The number of likely N-dealkylation sites (tertiary alicyclic amines) is 1. The van der Waals surface area contributed by atoms with Crippen molar-refractivity contribution in [3.8, 4) is 0 Å². The SMILES string of the molecule is Cc1cc(N2CCC3(CCC(=O)N(CCc4ccncc4)C3)CC2)ncn1. The molecule has 0 bridgehead atoms. The average Bonchev–Trinajstić information content (AvgIpc) is 2.70. The molecular formula is C21H27N5O. The molecule has 0 aliphatic carbocycles. The molecule has 27 heavy (non-hydrogen) atoms. The van der Waals surface area contributed by atoms with Gasteiger partial charge in [-0.3, -0.25) is 9.78 Å². The van der Waals surface area contributed by atoms with Crippen molar-refractivity contribution in [1.29, 1.82) is 0 Å². The fourth-order valence-electron chi connectivity index (χ4n) is 4.35. The van der Waals surface area contributed by atoms with Crippen LogP contribution in [0, 0.1) is 12.3 Å². The molecule has 1 amide bonds. The van der Waals surface area contributed by atoms with Gasteiger partial charge in [0.25, 0.3) is 0 Å². The lowest BCUT2D eigenvalue weighted by atomic mass is 9.72. The maximum Gasteiger partial charge on any atom is 0.222 e. The van der Waals surface area contributed by atoms with Gasteiger partial charge in [0.15, 0.2) is 0 Å². The predicted molar refractivity (Wildman–Crippen MR) is 104 cm³/mol. The monoisotopic (exact) mass is 365 g/mol. The smallest absolute Gasteiger partial charge is 0.222 e. The van der Waals surface area contributed by atoms with Crippen LogP contribution in [0.1, 0.15) is 36.9 Å². The van der Waals surface area contributed by atoms with Crippen molar-refractivity contribution in [2.45, 2.75) is 39.0 Å². The second-order valence-corrected chi connectivity index (χ2v) is 7.93. The molecule has 4 heterocycles. The fraction of sp³-hybridized carbons (Fsp3) is 0.524. The number of rotatable bonds is 4. The van der Waals surface area contributed by atoms with Gasteiger partial charge in [-0.2, -0.15) is 0 Å². The molecule has 1 spiro atoms. The number of anilines is 1. The van der Waals surface area contributed by atoms with E-state index in [9.17, 15) is 4.79 Å². The van der Waals surface area contributed by atoms with E-state index in [1.807, 2.05) is 31.5 Å². The van der Waals surface area contributed by atoms with E-state index in [2.05, 4.69) is 30.8 Å². The fourth-order valence-corrected chi connectivity index (χ4v) is 4.35. The summed E-state index contributed by atoms with van der Waals surface area (Å²) < 4.78 is 0. The van der Waals surface area contributed by atoms with Crippen molar-refractivity contribution in [3.63, 3.8) is 0 Å². The van der Waals surface area contributed by atoms with E-state index in [1.54, 1.807) is 6.33 Å². The summed E-state index contributed by atoms with van der Waals surface area (Å²) in [4.78, 5) is 29.6. The summed E-state index contributed by atoms with van der Waals surface area (Å²) in [5.74, 6) is 1.34. The van der Waals surface area contributed by atoms with Gasteiger partial charge in [-0.05, 0) is 55.7 Å². The van der Waals surface area contributed by atoms with Crippen molar-refractivity contribution in [2.24, 2.45) is 5.41 Å². The molecule has 142 valence electrons. The van der Waals surface area contributed by atoms with Crippen LogP contribution >= 0.6 is 0 Å². The Labute approximate surface area is 160 Å². The Balaban J connectivity index is 1.37. The average molecular weight is 365 g/mol. The van der Waals surface area contributed by atoms with Crippen molar-refractivity contribution < 1.29 is 4.79 Å². The Morgan fingerprint density at radius 3 is 2.63 bits per heavy atom. The molecule has 0 N–H and O–H groups in total. The molecule has 2 fully saturated rings. The van der Waals surface area contributed by atoms with Crippen molar-refractivity contribution in [3.05, 3.63) is 48.2 Å². The van der Waals surface area contributed by atoms with Gasteiger partial charge in [0, 0.05) is 56.8 Å². The number of aryl methyl sites for hydroxylation is 1. The van der Waals surface area contributed by atoms with Crippen LogP contribution in [0.25, 0.3) is 0 Å². The highest BCUT2D eigenvalue weighted by Gasteiger charge is 2.41. The first-order valence-electron chi connectivity index (χ1n) is 9.84. The lowest BCUT2D eigenvalue weighted by molar-refractivity contribution is -0.138. The van der Waals surface area contributed by atoms with Gasteiger partial charge in [0.1, 0.15) is 12.1 Å². The quantitative estimate of drug-likeness (QED) is 0.833. The summed E-state index contributed by atoms with van der Waals surface area (Å²) >= 11 is 0.